The highest BCUT2D eigenvalue weighted by atomic mass is 19.4. The zero-order valence-corrected chi connectivity index (χ0v) is 12.0. The number of aryl methyl sites for hydroxylation is 1. The van der Waals surface area contributed by atoms with Crippen LogP contribution in [-0.4, -0.2) is 45.5 Å². The van der Waals surface area contributed by atoms with Gasteiger partial charge in [0.2, 0.25) is 0 Å². The number of hydrogen-bond donors (Lipinski definition) is 2. The third-order valence-corrected chi connectivity index (χ3v) is 4.64. The predicted molar refractivity (Wildman–Crippen MR) is 69.6 cm³/mol. The maximum absolute atomic E-state index is 12.8. The Labute approximate surface area is 124 Å². The van der Waals surface area contributed by atoms with Crippen LogP contribution < -0.4 is 5.32 Å². The second-order valence-corrected chi connectivity index (χ2v) is 5.86. The number of aromatic nitrogens is 2. The van der Waals surface area contributed by atoms with Crippen LogP contribution in [0.25, 0.3) is 0 Å². The van der Waals surface area contributed by atoms with E-state index in [1.54, 1.807) is 4.90 Å². The summed E-state index contributed by atoms with van der Waals surface area (Å²) >= 11 is 0. The average Bonchev–Trinajstić information content (AvgIpc) is 2.79. The second-order valence-electron chi connectivity index (χ2n) is 5.86. The van der Waals surface area contributed by atoms with E-state index in [0.717, 1.165) is 10.9 Å². The molecule has 1 aromatic heterocycles. The Kier molecular flexibility index (Phi) is 3.54. The lowest BCUT2D eigenvalue weighted by Gasteiger charge is -2.20. The summed E-state index contributed by atoms with van der Waals surface area (Å²) in [5.41, 5.74) is -0.904. The highest BCUT2D eigenvalue weighted by Crippen LogP contribution is 2.51. The van der Waals surface area contributed by atoms with Crippen molar-refractivity contribution in [3.8, 4) is 0 Å². The van der Waals surface area contributed by atoms with Gasteiger partial charge >= 0.3 is 12.2 Å². The fourth-order valence-electron chi connectivity index (χ4n) is 3.27. The molecule has 2 fully saturated rings. The maximum Gasteiger partial charge on any atom is 0.419 e. The third kappa shape index (κ3) is 2.53. The number of nitrogens with zero attached hydrogens (tertiary/aromatic N) is 3. The van der Waals surface area contributed by atoms with Gasteiger partial charge in [-0.25, -0.2) is 4.79 Å². The van der Waals surface area contributed by atoms with Crippen molar-refractivity contribution in [2.45, 2.75) is 12.7 Å². The summed E-state index contributed by atoms with van der Waals surface area (Å²) in [6, 6.07) is -0.377. The molecule has 1 aromatic rings. The highest BCUT2D eigenvalue weighted by Gasteiger charge is 2.56. The van der Waals surface area contributed by atoms with Gasteiger partial charge in [-0.3, -0.25) is 4.68 Å². The lowest BCUT2D eigenvalue weighted by Crippen LogP contribution is -2.40. The number of aliphatic hydroxyl groups is 1. The first-order chi connectivity index (χ1) is 10.3. The molecule has 1 saturated carbocycles. The van der Waals surface area contributed by atoms with E-state index < -0.39 is 11.7 Å². The van der Waals surface area contributed by atoms with Crippen molar-refractivity contribution in [1.82, 2.24) is 20.0 Å². The number of urea groups is 1. The van der Waals surface area contributed by atoms with Gasteiger partial charge < -0.3 is 15.3 Å². The highest BCUT2D eigenvalue weighted by molar-refractivity contribution is 5.74. The Morgan fingerprint density at radius 2 is 2.09 bits per heavy atom. The number of alkyl halides is 3. The van der Waals surface area contributed by atoms with E-state index in [1.807, 2.05) is 0 Å². The monoisotopic (exact) mass is 318 g/mol. The van der Waals surface area contributed by atoms with Gasteiger partial charge in [0.15, 0.2) is 0 Å². The molecule has 0 spiro atoms. The van der Waals surface area contributed by atoms with E-state index in [9.17, 15) is 18.0 Å². The number of fused-ring (bicyclic) bond motifs is 1. The van der Waals surface area contributed by atoms with Gasteiger partial charge in [0.05, 0.1) is 24.0 Å². The summed E-state index contributed by atoms with van der Waals surface area (Å²) in [7, 11) is 1.41. The maximum atomic E-state index is 12.8. The summed E-state index contributed by atoms with van der Waals surface area (Å²) in [6.07, 6.45) is -3.73. The van der Waals surface area contributed by atoms with Gasteiger partial charge in [0.1, 0.15) is 0 Å². The van der Waals surface area contributed by atoms with Crippen LogP contribution in [0, 0.1) is 17.8 Å². The molecule has 2 aliphatic rings. The molecule has 122 valence electrons. The van der Waals surface area contributed by atoms with Crippen molar-refractivity contribution in [3.05, 3.63) is 17.5 Å². The van der Waals surface area contributed by atoms with Crippen molar-refractivity contribution in [2.75, 3.05) is 19.7 Å². The molecule has 6 nitrogen and oxygen atoms in total. The number of carbonyl (C=O) groups excluding carboxylic acids is 1. The Hall–Kier alpha value is -1.77. The van der Waals surface area contributed by atoms with Crippen LogP contribution in [0.5, 0.6) is 0 Å². The number of piperidine rings is 1. The van der Waals surface area contributed by atoms with E-state index in [4.69, 9.17) is 5.11 Å². The average molecular weight is 318 g/mol. The molecule has 3 atom stereocenters. The normalized spacial score (nSPS) is 27.0. The van der Waals surface area contributed by atoms with Crippen LogP contribution in [0.1, 0.15) is 11.3 Å². The first-order valence-corrected chi connectivity index (χ1v) is 7.04. The number of amides is 2. The Morgan fingerprint density at radius 3 is 2.64 bits per heavy atom. The van der Waals surface area contributed by atoms with Crippen molar-refractivity contribution < 1.29 is 23.1 Å². The zero-order valence-electron chi connectivity index (χ0n) is 12.0. The van der Waals surface area contributed by atoms with Crippen LogP contribution in [0.15, 0.2) is 6.20 Å². The summed E-state index contributed by atoms with van der Waals surface area (Å²) in [4.78, 5) is 13.6. The van der Waals surface area contributed by atoms with Gasteiger partial charge in [-0.2, -0.15) is 18.3 Å². The summed E-state index contributed by atoms with van der Waals surface area (Å²) < 4.78 is 39.6. The number of carbonyl (C=O) groups is 1. The van der Waals surface area contributed by atoms with Crippen molar-refractivity contribution in [1.29, 1.82) is 0 Å². The Bertz CT molecular complexity index is 574. The smallest absolute Gasteiger partial charge is 0.396 e. The van der Waals surface area contributed by atoms with Gasteiger partial charge in [-0.1, -0.05) is 0 Å². The van der Waals surface area contributed by atoms with Crippen LogP contribution in [0.4, 0.5) is 18.0 Å². The lowest BCUT2D eigenvalue weighted by molar-refractivity contribution is -0.138. The SMILES string of the molecule is Cn1ncc(C(F)(F)F)c1CNC(=O)N1C[C@@H]2C(CO)[C@@H]2C1. The fraction of sp³-hybridized carbons (Fsp3) is 0.692. The number of hydrogen-bond acceptors (Lipinski definition) is 3. The topological polar surface area (TPSA) is 70.4 Å². The third-order valence-electron chi connectivity index (χ3n) is 4.64. The molecule has 2 N–H and O–H groups in total. The largest absolute Gasteiger partial charge is 0.419 e. The molecular formula is C13H17F3N4O2. The molecule has 2 heterocycles. The van der Waals surface area contributed by atoms with Gasteiger partial charge in [0, 0.05) is 26.7 Å². The van der Waals surface area contributed by atoms with Crippen molar-refractivity contribution in [3.63, 3.8) is 0 Å². The zero-order chi connectivity index (χ0) is 16.1. The van der Waals surface area contributed by atoms with Crippen LogP contribution in [0.3, 0.4) is 0 Å². The van der Waals surface area contributed by atoms with E-state index in [1.165, 1.54) is 7.05 Å². The predicted octanol–water partition coefficient (Wildman–Crippen LogP) is 0.819. The minimum atomic E-state index is -4.49. The van der Waals surface area contributed by atoms with E-state index in [-0.39, 0.29) is 30.8 Å². The molecule has 3 rings (SSSR count). The lowest BCUT2D eigenvalue weighted by atomic mass is 10.2. The molecular weight excluding hydrogens is 301 g/mol. The number of rotatable bonds is 3. The molecule has 2 amide bonds. The van der Waals surface area contributed by atoms with Crippen molar-refractivity contribution >= 4 is 6.03 Å². The van der Waals surface area contributed by atoms with Gasteiger partial charge in [0.25, 0.3) is 0 Å². The molecule has 0 bridgehead atoms. The first-order valence-electron chi connectivity index (χ1n) is 7.04. The summed E-state index contributed by atoms with van der Waals surface area (Å²) in [5.74, 6) is 0.939. The van der Waals surface area contributed by atoms with Crippen LogP contribution in [-0.2, 0) is 19.8 Å². The molecule has 9 heteroatoms. The second kappa shape index (κ2) is 5.15. The van der Waals surface area contributed by atoms with Crippen LogP contribution >= 0.6 is 0 Å². The van der Waals surface area contributed by atoms with Crippen molar-refractivity contribution in [2.24, 2.45) is 24.8 Å². The first kappa shape index (κ1) is 15.1. The minimum absolute atomic E-state index is 0.0709. The van der Waals surface area contributed by atoms with Gasteiger partial charge in [-0.15, -0.1) is 0 Å². The standard InChI is InChI=1S/C13H17F3N4O2/c1-19-11(10(2-18-19)13(14,15)16)3-17-12(22)20-4-7-8(5-20)9(7)6-21/h2,7-9,21H,3-6H2,1H3,(H,17,22)/t7-,8+,9?. The molecule has 22 heavy (non-hydrogen) atoms. The number of halogens is 3. The molecule has 1 saturated heterocycles. The molecule has 0 aromatic carbocycles. The number of nitrogens with one attached hydrogen (secondary N) is 1. The molecule has 1 aliphatic heterocycles. The summed E-state index contributed by atoms with van der Waals surface area (Å²) in [5, 5.41) is 15.2. The van der Waals surface area contributed by atoms with Crippen LogP contribution in [0.2, 0.25) is 0 Å². The van der Waals surface area contributed by atoms with Gasteiger partial charge in [-0.05, 0) is 17.8 Å². The van der Waals surface area contributed by atoms with E-state index in [2.05, 4.69) is 10.4 Å². The minimum Gasteiger partial charge on any atom is -0.396 e. The van der Waals surface area contributed by atoms with E-state index in [0.29, 0.717) is 24.9 Å². The number of aliphatic hydroxyl groups excluding tert-OH is 1. The van der Waals surface area contributed by atoms with E-state index >= 15 is 0 Å². The summed E-state index contributed by atoms with van der Waals surface area (Å²) in [6.45, 7) is 1.02. The quantitative estimate of drug-likeness (QED) is 0.867. The molecule has 1 unspecified atom stereocenters. The fourth-order valence-corrected chi connectivity index (χ4v) is 3.27. The Morgan fingerprint density at radius 1 is 1.45 bits per heavy atom. The molecule has 1 aliphatic carbocycles. The molecule has 0 radical (unpaired) electrons. The number of likely N-dealkylation sites (tertiary alicyclic amines) is 1. The Balaban J connectivity index is 1.58.